The van der Waals surface area contributed by atoms with Gasteiger partial charge in [-0.05, 0) is 94.1 Å². The van der Waals surface area contributed by atoms with Crippen LogP contribution in [0.25, 0.3) is 0 Å². The fourth-order valence-electron chi connectivity index (χ4n) is 5.33. The van der Waals surface area contributed by atoms with Gasteiger partial charge in [0.1, 0.15) is 23.3 Å². The van der Waals surface area contributed by atoms with E-state index < -0.39 is 11.0 Å². The Labute approximate surface area is 208 Å². The quantitative estimate of drug-likeness (QED) is 0.418. The second kappa shape index (κ2) is 13.0. The summed E-state index contributed by atoms with van der Waals surface area (Å²) in [6.07, 6.45) is 6.43. The molecule has 3 rings (SSSR count). The summed E-state index contributed by atoms with van der Waals surface area (Å²) in [4.78, 5) is 17.8. The lowest BCUT2D eigenvalue weighted by Crippen LogP contribution is -2.35. The third kappa shape index (κ3) is 7.51. The normalized spacial score (nSPS) is 21.8. The summed E-state index contributed by atoms with van der Waals surface area (Å²) < 4.78 is 25.7. The summed E-state index contributed by atoms with van der Waals surface area (Å²) in [7, 11) is 4.04. The molecule has 1 saturated carbocycles. The number of carbonyl (C=O) groups is 1. The number of nitrogens with zero attached hydrogens (tertiary/aromatic N) is 3. The SMILES string of the molecule is COc1cc(C)c(S(=O)N(C)CCOCC(=O)N(C)C[C@H]2CC[C@@H](CN3CCCC3)C2)c(C)c1. The molecule has 1 aromatic rings. The van der Waals surface area contributed by atoms with E-state index in [1.165, 1.54) is 51.7 Å². The fraction of sp³-hybridized carbons (Fsp3) is 0.731. The van der Waals surface area contributed by atoms with Gasteiger partial charge in [0.15, 0.2) is 0 Å². The molecule has 34 heavy (non-hydrogen) atoms. The Balaban J connectivity index is 1.35. The lowest BCUT2D eigenvalue weighted by molar-refractivity contribution is -0.135. The summed E-state index contributed by atoms with van der Waals surface area (Å²) in [6.45, 7) is 9.38. The second-order valence-electron chi connectivity index (χ2n) is 10.1. The standard InChI is InChI=1S/C26H43N3O4S/c1-20-14-24(32-5)15-21(2)26(20)34(31)28(4)12-13-33-19-25(30)27(3)17-22-8-9-23(16-22)18-29-10-6-7-11-29/h14-15,22-23H,6-13,16-19H2,1-5H3/t22-,23+,34?/m0/s1. The van der Waals surface area contributed by atoms with Crippen molar-refractivity contribution < 1.29 is 18.5 Å². The van der Waals surface area contributed by atoms with E-state index in [1.54, 1.807) is 11.4 Å². The van der Waals surface area contributed by atoms with Gasteiger partial charge in [-0.1, -0.05) is 0 Å². The van der Waals surface area contributed by atoms with E-state index in [0.29, 0.717) is 19.1 Å². The number of rotatable bonds is 12. The zero-order chi connectivity index (χ0) is 24.7. The number of aryl methyl sites for hydroxylation is 2. The van der Waals surface area contributed by atoms with Crippen molar-refractivity contribution in [2.75, 3.05) is 67.1 Å². The monoisotopic (exact) mass is 493 g/mol. The first-order chi connectivity index (χ1) is 16.3. The van der Waals surface area contributed by atoms with Crippen LogP contribution < -0.4 is 4.74 Å². The number of ether oxygens (including phenoxy) is 2. The predicted octanol–water partition coefficient (Wildman–Crippen LogP) is 3.25. The van der Waals surface area contributed by atoms with Crippen LogP contribution in [0.3, 0.4) is 0 Å². The minimum absolute atomic E-state index is 0.0219. The van der Waals surface area contributed by atoms with Crippen LogP contribution in [0.2, 0.25) is 0 Å². The first kappa shape index (κ1) is 27.1. The Morgan fingerprint density at radius 3 is 2.41 bits per heavy atom. The van der Waals surface area contributed by atoms with Crippen LogP contribution in [0.15, 0.2) is 17.0 Å². The van der Waals surface area contributed by atoms with Crippen molar-refractivity contribution in [2.45, 2.75) is 50.8 Å². The highest BCUT2D eigenvalue weighted by Gasteiger charge is 2.28. The number of benzene rings is 1. The van der Waals surface area contributed by atoms with Crippen molar-refractivity contribution in [3.63, 3.8) is 0 Å². The van der Waals surface area contributed by atoms with Crippen molar-refractivity contribution >= 4 is 16.9 Å². The molecule has 1 saturated heterocycles. The van der Waals surface area contributed by atoms with E-state index in [-0.39, 0.29) is 12.5 Å². The van der Waals surface area contributed by atoms with E-state index in [2.05, 4.69) is 4.90 Å². The highest BCUT2D eigenvalue weighted by molar-refractivity contribution is 7.82. The molecule has 3 atom stereocenters. The number of likely N-dealkylation sites (N-methyl/N-ethyl adjacent to an activating group) is 2. The lowest BCUT2D eigenvalue weighted by Gasteiger charge is -2.23. The maximum atomic E-state index is 13.0. The highest BCUT2D eigenvalue weighted by atomic mass is 32.2. The molecule has 0 N–H and O–H groups in total. The van der Waals surface area contributed by atoms with Gasteiger partial charge in [-0.15, -0.1) is 0 Å². The Morgan fingerprint density at radius 2 is 1.76 bits per heavy atom. The number of amides is 1. The molecule has 0 radical (unpaired) electrons. The molecule has 1 heterocycles. The topological polar surface area (TPSA) is 62.3 Å². The zero-order valence-corrected chi connectivity index (χ0v) is 22.5. The van der Waals surface area contributed by atoms with E-state index in [0.717, 1.165) is 34.2 Å². The van der Waals surface area contributed by atoms with Gasteiger partial charge < -0.3 is 19.3 Å². The van der Waals surface area contributed by atoms with Crippen LogP contribution in [-0.4, -0.2) is 91.4 Å². The number of likely N-dealkylation sites (tertiary alicyclic amines) is 1. The Kier molecular flexibility index (Phi) is 10.4. The number of hydrogen-bond donors (Lipinski definition) is 0. The van der Waals surface area contributed by atoms with Crippen molar-refractivity contribution in [2.24, 2.45) is 11.8 Å². The summed E-state index contributed by atoms with van der Waals surface area (Å²) in [5.41, 5.74) is 1.88. The molecule has 0 spiro atoms. The van der Waals surface area contributed by atoms with Gasteiger partial charge in [0.25, 0.3) is 0 Å². The van der Waals surface area contributed by atoms with Crippen molar-refractivity contribution in [3.8, 4) is 5.75 Å². The third-order valence-electron chi connectivity index (χ3n) is 7.23. The van der Waals surface area contributed by atoms with Crippen LogP contribution in [0.1, 0.15) is 43.2 Å². The third-order valence-corrected chi connectivity index (χ3v) is 8.97. The molecular formula is C26H43N3O4S. The Hall–Kier alpha value is -1.48. The van der Waals surface area contributed by atoms with Gasteiger partial charge in [-0.2, -0.15) is 0 Å². The molecule has 192 valence electrons. The van der Waals surface area contributed by atoms with Gasteiger partial charge in [0, 0.05) is 33.7 Å². The minimum atomic E-state index is -1.29. The Morgan fingerprint density at radius 1 is 1.12 bits per heavy atom. The highest BCUT2D eigenvalue weighted by Crippen LogP contribution is 2.32. The number of methoxy groups -OCH3 is 1. The molecule has 1 unspecified atom stereocenters. The van der Waals surface area contributed by atoms with E-state index in [9.17, 15) is 9.00 Å². The summed E-state index contributed by atoms with van der Waals surface area (Å²) >= 11 is 0. The molecule has 0 bridgehead atoms. The second-order valence-corrected chi connectivity index (χ2v) is 11.6. The number of carbonyl (C=O) groups excluding carboxylic acids is 1. The van der Waals surface area contributed by atoms with E-state index in [4.69, 9.17) is 9.47 Å². The van der Waals surface area contributed by atoms with Gasteiger partial charge in [0.2, 0.25) is 5.91 Å². The largest absolute Gasteiger partial charge is 0.497 e. The molecule has 1 aromatic carbocycles. The summed E-state index contributed by atoms with van der Waals surface area (Å²) in [5, 5.41) is 0. The van der Waals surface area contributed by atoms with Crippen LogP contribution in [0.5, 0.6) is 5.75 Å². The zero-order valence-electron chi connectivity index (χ0n) is 21.7. The van der Waals surface area contributed by atoms with Crippen molar-refractivity contribution in [1.82, 2.24) is 14.1 Å². The molecule has 1 aliphatic carbocycles. The van der Waals surface area contributed by atoms with E-state index in [1.807, 2.05) is 45.0 Å². The first-order valence-corrected chi connectivity index (χ1v) is 13.7. The average Bonchev–Trinajstić information content (AvgIpc) is 3.48. The molecule has 8 heteroatoms. The minimum Gasteiger partial charge on any atom is -0.497 e. The van der Waals surface area contributed by atoms with Crippen LogP contribution in [0.4, 0.5) is 0 Å². The van der Waals surface area contributed by atoms with Gasteiger partial charge in [-0.3, -0.25) is 4.79 Å². The van der Waals surface area contributed by atoms with E-state index >= 15 is 0 Å². The molecule has 2 fully saturated rings. The molecule has 7 nitrogen and oxygen atoms in total. The maximum absolute atomic E-state index is 13.0. The molecule has 2 aliphatic rings. The smallest absolute Gasteiger partial charge is 0.248 e. The average molecular weight is 494 g/mol. The summed E-state index contributed by atoms with van der Waals surface area (Å²) in [6, 6.07) is 3.80. The van der Waals surface area contributed by atoms with Gasteiger partial charge >= 0.3 is 0 Å². The van der Waals surface area contributed by atoms with Crippen LogP contribution in [-0.2, 0) is 20.5 Å². The summed E-state index contributed by atoms with van der Waals surface area (Å²) in [5.74, 6) is 2.18. The predicted molar refractivity (Wildman–Crippen MR) is 136 cm³/mol. The number of hydrogen-bond acceptors (Lipinski definition) is 5. The molecule has 1 amide bonds. The molecular weight excluding hydrogens is 450 g/mol. The van der Waals surface area contributed by atoms with Gasteiger partial charge in [0.05, 0.1) is 18.6 Å². The fourth-order valence-corrected chi connectivity index (χ4v) is 6.56. The lowest BCUT2D eigenvalue weighted by atomic mass is 10.0. The van der Waals surface area contributed by atoms with Crippen molar-refractivity contribution in [1.29, 1.82) is 0 Å². The maximum Gasteiger partial charge on any atom is 0.248 e. The molecule has 1 aliphatic heterocycles. The Bertz CT molecular complexity index is 820. The van der Waals surface area contributed by atoms with Gasteiger partial charge in [-0.25, -0.2) is 8.51 Å². The first-order valence-electron chi connectivity index (χ1n) is 12.6. The van der Waals surface area contributed by atoms with Crippen molar-refractivity contribution in [3.05, 3.63) is 23.3 Å². The molecule has 0 aromatic heterocycles. The van der Waals surface area contributed by atoms with Crippen LogP contribution in [0, 0.1) is 25.7 Å². The van der Waals surface area contributed by atoms with Crippen LogP contribution >= 0.6 is 0 Å².